The van der Waals surface area contributed by atoms with Crippen molar-refractivity contribution in [2.24, 2.45) is 38.7 Å². The Labute approximate surface area is 143 Å². The minimum absolute atomic E-state index is 0.0417. The number of aliphatic imine (C=N–C) groups is 2. The van der Waals surface area contributed by atoms with Crippen LogP contribution in [0, 0.1) is 0 Å². The number of aldehydes is 2. The van der Waals surface area contributed by atoms with Crippen molar-refractivity contribution >= 4 is 58.3 Å². The van der Waals surface area contributed by atoms with Crippen molar-refractivity contribution in [2.75, 3.05) is 0 Å². The van der Waals surface area contributed by atoms with Gasteiger partial charge in [0.1, 0.15) is 12.6 Å². The van der Waals surface area contributed by atoms with Gasteiger partial charge >= 0.3 is 0 Å². The number of aromatic nitrogens is 1. The Morgan fingerprint density at radius 2 is 1.74 bits per heavy atom. The predicted molar refractivity (Wildman–Crippen MR) is 98.3 cm³/mol. The van der Waals surface area contributed by atoms with Gasteiger partial charge in [0.25, 0.3) is 0 Å². The highest BCUT2D eigenvalue weighted by atomic mass is 32.1. The van der Waals surface area contributed by atoms with Crippen molar-refractivity contribution in [3.05, 3.63) is 11.6 Å². The largest absolute Gasteiger partial charge is 0.374 e. The summed E-state index contributed by atoms with van der Waals surface area (Å²) in [4.78, 5) is 28.8. The van der Waals surface area contributed by atoms with E-state index in [0.717, 1.165) is 12.6 Å². The number of guanidine groups is 2. The molecule has 0 bridgehead atoms. The molecule has 0 amide bonds. The fraction of sp³-hybridized carbons (Fsp3) is 0.273. The molecule has 0 aliphatic rings. The summed E-state index contributed by atoms with van der Waals surface area (Å²) in [5.74, 6) is -0.0579. The number of hydrogen-bond acceptors (Lipinski definition) is 6. The molecule has 1 heterocycles. The Morgan fingerprint density at radius 1 is 1.26 bits per heavy atom. The van der Waals surface area contributed by atoms with Gasteiger partial charge in [-0.1, -0.05) is 6.92 Å². The van der Waals surface area contributed by atoms with Crippen molar-refractivity contribution in [3.63, 3.8) is 0 Å². The number of rotatable bonds is 2. The maximum atomic E-state index is 9.17. The van der Waals surface area contributed by atoms with Crippen molar-refractivity contribution in [3.8, 4) is 0 Å². The van der Waals surface area contributed by atoms with Crippen molar-refractivity contribution in [1.82, 2.24) is 4.98 Å². The molecule has 12 heteroatoms. The van der Waals surface area contributed by atoms with Crippen molar-refractivity contribution in [1.29, 1.82) is 0 Å². The summed E-state index contributed by atoms with van der Waals surface area (Å²) in [5, 5.41) is 2.36. The number of carbonyl (C=O) groups is 2. The van der Waals surface area contributed by atoms with Crippen LogP contribution in [0.15, 0.2) is 21.6 Å². The Hall–Kier alpha value is -2.60. The summed E-state index contributed by atoms with van der Waals surface area (Å²) < 4.78 is 0. The average molecular weight is 362 g/mol. The van der Waals surface area contributed by atoms with E-state index in [1.165, 1.54) is 18.3 Å². The number of thiazole rings is 1. The Kier molecular flexibility index (Phi) is 21.4. The molecule has 0 spiro atoms. The molecule has 10 nitrogen and oxygen atoms in total. The molecule has 0 aliphatic heterocycles. The van der Waals surface area contributed by atoms with Crippen LogP contribution >= 0.6 is 23.6 Å². The zero-order valence-corrected chi connectivity index (χ0v) is 14.5. The number of hydrogen-bond donors (Lipinski definition) is 5. The summed E-state index contributed by atoms with van der Waals surface area (Å²) in [5.41, 5.74) is 24.7. The first-order valence-electron chi connectivity index (χ1n) is 5.96. The van der Waals surface area contributed by atoms with Gasteiger partial charge in [-0.15, -0.1) is 11.3 Å². The summed E-state index contributed by atoms with van der Waals surface area (Å²) in [7, 11) is 0. The van der Waals surface area contributed by atoms with Crippen LogP contribution < -0.4 is 28.7 Å². The van der Waals surface area contributed by atoms with E-state index in [1.54, 1.807) is 6.20 Å². The van der Waals surface area contributed by atoms with E-state index >= 15 is 0 Å². The summed E-state index contributed by atoms with van der Waals surface area (Å²) in [6.45, 7) is 3.26. The molecule has 0 saturated heterocycles. The molecular formula is C11H22N8O2S2. The van der Waals surface area contributed by atoms with Gasteiger partial charge in [0.05, 0.1) is 0 Å². The SMILES string of the molecule is CC=O.CCC=O.NC(=S)N=C(N)N.NC(N)=Nc1nccs1. The molecular weight excluding hydrogens is 340 g/mol. The number of nitrogens with two attached hydrogens (primary N) is 5. The normalized spacial score (nSPS) is 7.39. The lowest BCUT2D eigenvalue weighted by molar-refractivity contribution is -0.107. The van der Waals surface area contributed by atoms with Crippen LogP contribution in [0.4, 0.5) is 5.13 Å². The van der Waals surface area contributed by atoms with E-state index in [-0.39, 0.29) is 17.0 Å². The topological polar surface area (TPSA) is 202 Å². The number of nitrogens with zero attached hydrogens (tertiary/aromatic N) is 3. The highest BCUT2D eigenvalue weighted by Gasteiger charge is 1.88. The van der Waals surface area contributed by atoms with Gasteiger partial charge in [-0.05, 0) is 19.1 Å². The lowest BCUT2D eigenvalue weighted by Crippen LogP contribution is -2.25. The first-order chi connectivity index (χ1) is 10.7. The molecule has 1 rings (SSSR count). The summed E-state index contributed by atoms with van der Waals surface area (Å²) >= 11 is 5.69. The molecule has 1 aromatic rings. The zero-order valence-electron chi connectivity index (χ0n) is 12.9. The fourth-order valence-corrected chi connectivity index (χ4v) is 1.14. The van der Waals surface area contributed by atoms with Crippen LogP contribution in [0.5, 0.6) is 0 Å². The smallest absolute Gasteiger partial charge is 0.212 e. The highest BCUT2D eigenvalue weighted by Crippen LogP contribution is 2.13. The molecule has 0 saturated carbocycles. The minimum atomic E-state index is -0.104. The monoisotopic (exact) mass is 362 g/mol. The van der Waals surface area contributed by atoms with E-state index in [2.05, 4.69) is 27.2 Å². The molecule has 10 N–H and O–H groups in total. The van der Waals surface area contributed by atoms with Crippen LogP contribution in [0.2, 0.25) is 0 Å². The van der Waals surface area contributed by atoms with Gasteiger partial charge in [-0.3, -0.25) is 0 Å². The molecule has 0 aromatic carbocycles. The van der Waals surface area contributed by atoms with Crippen LogP contribution in [0.25, 0.3) is 0 Å². The Morgan fingerprint density at radius 3 is 1.91 bits per heavy atom. The fourth-order valence-electron chi connectivity index (χ4n) is 0.509. The minimum Gasteiger partial charge on any atom is -0.374 e. The quantitative estimate of drug-likeness (QED) is 0.196. The zero-order chi connectivity index (χ0) is 18.7. The highest BCUT2D eigenvalue weighted by molar-refractivity contribution is 7.80. The van der Waals surface area contributed by atoms with Crippen LogP contribution in [-0.4, -0.2) is 34.6 Å². The second-order valence-electron chi connectivity index (χ2n) is 3.04. The van der Waals surface area contributed by atoms with Crippen molar-refractivity contribution < 1.29 is 9.59 Å². The van der Waals surface area contributed by atoms with Gasteiger partial charge in [-0.2, -0.15) is 9.98 Å². The van der Waals surface area contributed by atoms with Gasteiger partial charge in [0.2, 0.25) is 5.13 Å². The number of thiocarbonyl (C=S) groups is 1. The average Bonchev–Trinajstić information content (AvgIpc) is 2.91. The van der Waals surface area contributed by atoms with Crippen molar-refractivity contribution in [2.45, 2.75) is 20.3 Å². The predicted octanol–water partition coefficient (Wildman–Crippen LogP) is -0.648. The van der Waals surface area contributed by atoms with E-state index in [1.807, 2.05) is 12.3 Å². The maximum absolute atomic E-state index is 9.17. The van der Waals surface area contributed by atoms with Crippen LogP contribution in [0.3, 0.4) is 0 Å². The van der Waals surface area contributed by atoms with Crippen LogP contribution in [-0.2, 0) is 9.59 Å². The van der Waals surface area contributed by atoms with Gasteiger partial charge in [0, 0.05) is 18.0 Å². The van der Waals surface area contributed by atoms with E-state index in [4.69, 9.17) is 33.5 Å². The van der Waals surface area contributed by atoms with Gasteiger partial charge in [0.15, 0.2) is 17.0 Å². The van der Waals surface area contributed by atoms with Gasteiger partial charge < -0.3 is 38.3 Å². The maximum Gasteiger partial charge on any atom is 0.212 e. The molecule has 130 valence electrons. The molecule has 0 unspecified atom stereocenters. The lowest BCUT2D eigenvalue weighted by Gasteiger charge is -1.84. The molecule has 0 atom stereocenters. The Bertz CT molecular complexity index is 480. The molecule has 23 heavy (non-hydrogen) atoms. The molecule has 0 aliphatic carbocycles. The van der Waals surface area contributed by atoms with Gasteiger partial charge in [-0.25, -0.2) is 4.98 Å². The second-order valence-corrected chi connectivity index (χ2v) is 4.33. The third-order valence-corrected chi connectivity index (χ3v) is 1.81. The van der Waals surface area contributed by atoms with E-state index < -0.39 is 0 Å². The molecule has 1 aromatic heterocycles. The third-order valence-electron chi connectivity index (χ3n) is 1.05. The first kappa shape index (κ1) is 25.4. The Balaban J connectivity index is -0.000000255. The summed E-state index contributed by atoms with van der Waals surface area (Å²) in [6.07, 6.45) is 3.91. The lowest BCUT2D eigenvalue weighted by atomic mass is 10.6. The molecule has 0 fully saturated rings. The van der Waals surface area contributed by atoms with E-state index in [0.29, 0.717) is 11.6 Å². The summed E-state index contributed by atoms with van der Waals surface area (Å²) in [6, 6.07) is 0. The standard InChI is InChI=1S/C4H6N4S.C3H6O.C2H6N4S.C2H4O/c5-3(6)8-4-7-1-2-9-4;1-2-3-4;3-1(4)6-2(5)7;1-2-3/h1-2H,(H4,5,6,7,8);3H,2H2,1H3;(H6,3,4,5,6,7);2H,1H3. The second kappa shape index (κ2) is 19.4. The van der Waals surface area contributed by atoms with E-state index in [9.17, 15) is 4.79 Å². The number of carbonyl (C=O) groups excluding carboxylic acids is 2. The van der Waals surface area contributed by atoms with Crippen LogP contribution in [0.1, 0.15) is 20.3 Å². The first-order valence-corrected chi connectivity index (χ1v) is 7.25. The third kappa shape index (κ3) is 32.7. The molecule has 0 radical (unpaired) electrons.